The highest BCUT2D eigenvalue weighted by Gasteiger charge is 2.29. The maximum Gasteiger partial charge on any atom is 0.225 e. The third-order valence-corrected chi connectivity index (χ3v) is 5.31. The van der Waals surface area contributed by atoms with Crippen LogP contribution in [0.15, 0.2) is 78.9 Å². The van der Waals surface area contributed by atoms with E-state index >= 15 is 0 Å². The van der Waals surface area contributed by atoms with Gasteiger partial charge in [-0.05, 0) is 30.5 Å². The molecule has 1 saturated carbocycles. The van der Waals surface area contributed by atoms with E-state index in [1.54, 1.807) is 6.07 Å². The molecule has 0 saturated heterocycles. The monoisotopic (exact) mass is 388 g/mol. The zero-order valence-corrected chi connectivity index (χ0v) is 16.4. The Bertz CT molecular complexity index is 969. The highest BCUT2D eigenvalue weighted by Crippen LogP contribution is 2.30. The van der Waals surface area contributed by atoms with Gasteiger partial charge in [0.25, 0.3) is 0 Å². The molecule has 29 heavy (non-hydrogen) atoms. The fraction of sp³-hybridized carbons (Fsp3) is 0.240. The molecular weight excluding hydrogens is 363 g/mol. The van der Waals surface area contributed by atoms with Gasteiger partial charge >= 0.3 is 0 Å². The molecule has 0 spiro atoms. The highest BCUT2D eigenvalue weighted by atomic mass is 19.1. The van der Waals surface area contributed by atoms with Gasteiger partial charge in [-0.3, -0.25) is 9.69 Å². The van der Waals surface area contributed by atoms with Crippen LogP contribution >= 0.6 is 0 Å². The van der Waals surface area contributed by atoms with Crippen molar-refractivity contribution in [2.75, 3.05) is 11.9 Å². The van der Waals surface area contributed by atoms with Crippen LogP contribution in [0.3, 0.4) is 0 Å². The number of carbonyl (C=O) groups excluding carboxylic acids is 1. The third kappa shape index (κ3) is 5.09. The lowest BCUT2D eigenvalue weighted by molar-refractivity contribution is -0.116. The Labute approximate surface area is 171 Å². The molecule has 4 heteroatoms. The van der Waals surface area contributed by atoms with E-state index in [9.17, 15) is 9.18 Å². The molecule has 0 aromatic heterocycles. The molecule has 1 amide bonds. The number of para-hydroxylation sites is 1. The van der Waals surface area contributed by atoms with Crippen molar-refractivity contribution in [2.24, 2.45) is 0 Å². The molecule has 148 valence electrons. The predicted octanol–water partition coefficient (Wildman–Crippen LogP) is 5.49. The molecule has 0 aliphatic heterocycles. The van der Waals surface area contributed by atoms with Crippen LogP contribution in [0, 0.1) is 5.82 Å². The van der Waals surface area contributed by atoms with E-state index in [-0.39, 0.29) is 11.7 Å². The summed E-state index contributed by atoms with van der Waals surface area (Å²) in [5.74, 6) is -0.202. The highest BCUT2D eigenvalue weighted by molar-refractivity contribution is 5.95. The summed E-state index contributed by atoms with van der Waals surface area (Å²) < 4.78 is 14.0. The van der Waals surface area contributed by atoms with E-state index in [1.807, 2.05) is 66.7 Å². The van der Waals surface area contributed by atoms with Crippen LogP contribution < -0.4 is 5.32 Å². The fourth-order valence-corrected chi connectivity index (χ4v) is 3.60. The second-order valence-electron chi connectivity index (χ2n) is 7.50. The molecule has 1 N–H and O–H groups in total. The molecule has 1 aliphatic carbocycles. The first kappa shape index (κ1) is 19.3. The van der Waals surface area contributed by atoms with Crippen LogP contribution in [0.5, 0.6) is 0 Å². The summed E-state index contributed by atoms with van der Waals surface area (Å²) in [4.78, 5) is 14.9. The van der Waals surface area contributed by atoms with Crippen molar-refractivity contribution in [1.29, 1.82) is 0 Å². The Morgan fingerprint density at radius 3 is 2.38 bits per heavy atom. The second-order valence-corrected chi connectivity index (χ2v) is 7.50. The number of anilines is 1. The van der Waals surface area contributed by atoms with Gasteiger partial charge in [-0.25, -0.2) is 4.39 Å². The molecule has 3 nitrogen and oxygen atoms in total. The summed E-state index contributed by atoms with van der Waals surface area (Å²) >= 11 is 0. The van der Waals surface area contributed by atoms with Crippen LogP contribution in [-0.4, -0.2) is 23.4 Å². The van der Waals surface area contributed by atoms with Gasteiger partial charge in [0.05, 0.1) is 0 Å². The van der Waals surface area contributed by atoms with E-state index in [0.29, 0.717) is 31.1 Å². The van der Waals surface area contributed by atoms with Gasteiger partial charge in [-0.1, -0.05) is 66.7 Å². The van der Waals surface area contributed by atoms with Gasteiger partial charge in [0.15, 0.2) is 0 Å². The number of hydrogen-bond donors (Lipinski definition) is 1. The standard InChI is InChI=1S/C25H25FN2O/c26-23-12-6-4-10-20(23)18-28(21-14-15-21)17-16-25(29)27-24-13-7-5-11-22(24)19-8-2-1-3-9-19/h1-13,21H,14-18H2,(H,27,29). The average molecular weight is 388 g/mol. The molecule has 0 bridgehead atoms. The molecule has 1 fully saturated rings. The predicted molar refractivity (Wildman–Crippen MR) is 115 cm³/mol. The topological polar surface area (TPSA) is 32.3 Å². The Kier molecular flexibility index (Phi) is 6.01. The average Bonchev–Trinajstić information content (AvgIpc) is 3.59. The first-order valence-corrected chi connectivity index (χ1v) is 10.1. The summed E-state index contributed by atoms with van der Waals surface area (Å²) in [5, 5.41) is 3.06. The van der Waals surface area contributed by atoms with Crippen LogP contribution in [-0.2, 0) is 11.3 Å². The summed E-state index contributed by atoms with van der Waals surface area (Å²) in [7, 11) is 0. The van der Waals surface area contributed by atoms with Gasteiger partial charge in [0.1, 0.15) is 5.82 Å². The van der Waals surface area contributed by atoms with Crippen LogP contribution in [0.4, 0.5) is 10.1 Å². The number of rotatable bonds is 8. The van der Waals surface area contributed by atoms with E-state index in [2.05, 4.69) is 10.2 Å². The molecule has 3 aromatic rings. The fourth-order valence-electron chi connectivity index (χ4n) is 3.60. The van der Waals surface area contributed by atoms with Crippen molar-refractivity contribution >= 4 is 11.6 Å². The van der Waals surface area contributed by atoms with Gasteiger partial charge in [0.2, 0.25) is 5.91 Å². The lowest BCUT2D eigenvalue weighted by Gasteiger charge is -2.22. The molecule has 0 atom stereocenters. The van der Waals surface area contributed by atoms with Gasteiger partial charge < -0.3 is 5.32 Å². The first-order valence-electron chi connectivity index (χ1n) is 10.1. The van der Waals surface area contributed by atoms with Crippen LogP contribution in [0.2, 0.25) is 0 Å². The van der Waals surface area contributed by atoms with E-state index in [4.69, 9.17) is 0 Å². The Balaban J connectivity index is 1.39. The largest absolute Gasteiger partial charge is 0.325 e. The number of halogens is 1. The van der Waals surface area contributed by atoms with Gasteiger partial charge in [-0.15, -0.1) is 0 Å². The number of nitrogens with one attached hydrogen (secondary N) is 1. The van der Waals surface area contributed by atoms with E-state index in [1.165, 1.54) is 6.07 Å². The zero-order valence-electron chi connectivity index (χ0n) is 16.4. The summed E-state index contributed by atoms with van der Waals surface area (Å²) in [5.41, 5.74) is 3.58. The smallest absolute Gasteiger partial charge is 0.225 e. The minimum atomic E-state index is -0.181. The van der Waals surface area contributed by atoms with Gasteiger partial charge in [-0.2, -0.15) is 0 Å². The van der Waals surface area contributed by atoms with Crippen LogP contribution in [0.25, 0.3) is 11.1 Å². The summed E-state index contributed by atoms with van der Waals surface area (Å²) in [6.07, 6.45) is 2.62. The first-order chi connectivity index (χ1) is 14.2. The second kappa shape index (κ2) is 9.01. The molecular formula is C25H25FN2O. The van der Waals surface area contributed by atoms with Crippen molar-refractivity contribution in [3.8, 4) is 11.1 Å². The Morgan fingerprint density at radius 1 is 0.931 bits per heavy atom. The number of nitrogens with zero attached hydrogens (tertiary/aromatic N) is 1. The minimum absolute atomic E-state index is 0.0208. The maximum atomic E-state index is 14.0. The summed E-state index contributed by atoms with van der Waals surface area (Å²) in [6, 6.07) is 25.2. The van der Waals surface area contributed by atoms with Crippen molar-refractivity contribution in [3.05, 3.63) is 90.2 Å². The van der Waals surface area contributed by atoms with Gasteiger partial charge in [0, 0.05) is 42.4 Å². The molecule has 1 aliphatic rings. The van der Waals surface area contributed by atoms with Crippen molar-refractivity contribution < 1.29 is 9.18 Å². The number of amides is 1. The van der Waals surface area contributed by atoms with Crippen molar-refractivity contribution in [1.82, 2.24) is 4.90 Å². The molecule has 0 radical (unpaired) electrons. The number of carbonyl (C=O) groups is 1. The quantitative estimate of drug-likeness (QED) is 0.554. The zero-order chi connectivity index (χ0) is 20.1. The Morgan fingerprint density at radius 2 is 1.62 bits per heavy atom. The lowest BCUT2D eigenvalue weighted by Crippen LogP contribution is -2.30. The number of benzene rings is 3. The van der Waals surface area contributed by atoms with Crippen molar-refractivity contribution in [2.45, 2.75) is 31.8 Å². The molecule has 3 aromatic carbocycles. The summed E-state index contributed by atoms with van der Waals surface area (Å²) in [6.45, 7) is 1.17. The maximum absolute atomic E-state index is 14.0. The minimum Gasteiger partial charge on any atom is -0.325 e. The van der Waals surface area contributed by atoms with E-state index in [0.717, 1.165) is 29.7 Å². The van der Waals surface area contributed by atoms with E-state index < -0.39 is 0 Å². The lowest BCUT2D eigenvalue weighted by atomic mass is 10.0. The van der Waals surface area contributed by atoms with Crippen molar-refractivity contribution in [3.63, 3.8) is 0 Å². The molecule has 0 heterocycles. The molecule has 4 rings (SSSR count). The number of hydrogen-bond acceptors (Lipinski definition) is 2. The van der Waals surface area contributed by atoms with Crippen LogP contribution in [0.1, 0.15) is 24.8 Å². The SMILES string of the molecule is O=C(CCN(Cc1ccccc1F)C1CC1)Nc1ccccc1-c1ccccc1. The normalized spacial score (nSPS) is 13.4. The third-order valence-electron chi connectivity index (χ3n) is 5.31. The Hall–Kier alpha value is -2.98. The molecule has 0 unspecified atom stereocenters.